The Balaban J connectivity index is 2.91. The zero-order chi connectivity index (χ0) is 21.9. The molecule has 0 N–H and O–H groups in total. The molecule has 0 fully saturated rings. The van der Waals surface area contributed by atoms with E-state index in [-0.39, 0.29) is 35.3 Å². The first-order chi connectivity index (χ1) is 13.5. The summed E-state index contributed by atoms with van der Waals surface area (Å²) in [4.78, 5) is 21.3. The maximum Gasteiger partial charge on any atom is 0.418 e. The maximum atomic E-state index is 13.7. The van der Waals surface area contributed by atoms with E-state index >= 15 is 0 Å². The molecule has 0 heterocycles. The Hall–Kier alpha value is -3.39. The molecule has 2 aromatic carbocycles. The van der Waals surface area contributed by atoms with Crippen LogP contribution in [0.1, 0.15) is 24.5 Å². The second-order valence-electron chi connectivity index (χ2n) is 5.80. The van der Waals surface area contributed by atoms with Gasteiger partial charge in [-0.1, -0.05) is 18.5 Å². The van der Waals surface area contributed by atoms with Gasteiger partial charge in [-0.15, -0.1) is 0 Å². The summed E-state index contributed by atoms with van der Waals surface area (Å²) in [7, 11) is 0. The van der Waals surface area contributed by atoms with Gasteiger partial charge in [0.05, 0.1) is 43.8 Å². The number of non-ortho nitro benzene ring substituents is 1. The molecule has 0 aliphatic carbocycles. The van der Waals surface area contributed by atoms with Crippen molar-refractivity contribution in [2.24, 2.45) is 0 Å². The van der Waals surface area contributed by atoms with Gasteiger partial charge in [0.1, 0.15) is 5.69 Å². The van der Waals surface area contributed by atoms with Crippen LogP contribution in [0.2, 0.25) is 5.02 Å². The standard InChI is InChI=1S/C17H12ClF3N4O4/c1-2-5-23(14-4-3-10(9-22)6-13(14)18)16-12(17(19,20)21)7-11(24(26)27)8-15(16)25(28)29/h3-4,6-8H,2,5H2,1H3. The number of hydrogen-bond donors (Lipinski definition) is 0. The Morgan fingerprint density at radius 2 is 1.83 bits per heavy atom. The highest BCUT2D eigenvalue weighted by atomic mass is 35.5. The van der Waals surface area contributed by atoms with Crippen LogP contribution in [0.15, 0.2) is 30.3 Å². The van der Waals surface area contributed by atoms with Crippen LogP contribution in [0.3, 0.4) is 0 Å². The lowest BCUT2D eigenvalue weighted by Gasteiger charge is -2.28. The van der Waals surface area contributed by atoms with E-state index in [0.29, 0.717) is 6.07 Å². The number of halogens is 4. The van der Waals surface area contributed by atoms with E-state index in [1.54, 1.807) is 6.92 Å². The second-order valence-corrected chi connectivity index (χ2v) is 6.21. The Labute approximate surface area is 167 Å². The summed E-state index contributed by atoms with van der Waals surface area (Å²) in [5.74, 6) is 0. The summed E-state index contributed by atoms with van der Waals surface area (Å²) in [5.41, 5.74) is -4.40. The average Bonchev–Trinajstić information content (AvgIpc) is 2.64. The molecule has 0 saturated carbocycles. The summed E-state index contributed by atoms with van der Waals surface area (Å²) < 4.78 is 41.2. The fourth-order valence-corrected chi connectivity index (χ4v) is 3.00. The van der Waals surface area contributed by atoms with Gasteiger partial charge in [0.25, 0.3) is 11.4 Å². The molecule has 12 heteroatoms. The molecule has 29 heavy (non-hydrogen) atoms. The van der Waals surface area contributed by atoms with Gasteiger partial charge in [0.15, 0.2) is 0 Å². The highest BCUT2D eigenvalue weighted by Crippen LogP contribution is 2.47. The zero-order valence-corrected chi connectivity index (χ0v) is 15.5. The molecule has 2 rings (SSSR count). The Kier molecular flexibility index (Phi) is 6.28. The minimum Gasteiger partial charge on any atom is -0.334 e. The van der Waals surface area contributed by atoms with Gasteiger partial charge in [0.2, 0.25) is 0 Å². The summed E-state index contributed by atoms with van der Waals surface area (Å²) in [6, 6.07) is 6.33. The van der Waals surface area contributed by atoms with Crippen molar-refractivity contribution in [2.45, 2.75) is 19.5 Å². The van der Waals surface area contributed by atoms with E-state index in [1.165, 1.54) is 18.2 Å². The van der Waals surface area contributed by atoms with Gasteiger partial charge in [0, 0.05) is 12.6 Å². The molecule has 2 aromatic rings. The monoisotopic (exact) mass is 428 g/mol. The number of hydrogen-bond acceptors (Lipinski definition) is 6. The highest BCUT2D eigenvalue weighted by Gasteiger charge is 2.42. The number of nitro benzene ring substituents is 2. The third-order valence-electron chi connectivity index (χ3n) is 3.87. The zero-order valence-electron chi connectivity index (χ0n) is 14.7. The van der Waals surface area contributed by atoms with Crippen molar-refractivity contribution in [2.75, 3.05) is 11.4 Å². The van der Waals surface area contributed by atoms with Crippen molar-refractivity contribution in [3.8, 4) is 6.07 Å². The van der Waals surface area contributed by atoms with Gasteiger partial charge in [-0.3, -0.25) is 20.2 Å². The lowest BCUT2D eigenvalue weighted by Crippen LogP contribution is -2.24. The Morgan fingerprint density at radius 1 is 1.17 bits per heavy atom. The summed E-state index contributed by atoms with van der Waals surface area (Å²) in [5, 5.41) is 31.4. The van der Waals surface area contributed by atoms with E-state index in [9.17, 15) is 33.4 Å². The molecule has 8 nitrogen and oxygen atoms in total. The Bertz CT molecular complexity index is 1020. The molecule has 0 radical (unpaired) electrons. The summed E-state index contributed by atoms with van der Waals surface area (Å²) in [6.07, 6.45) is -4.83. The fraction of sp³-hybridized carbons (Fsp3) is 0.235. The van der Waals surface area contributed by atoms with E-state index in [4.69, 9.17) is 16.9 Å². The van der Waals surface area contributed by atoms with Gasteiger partial charge in [-0.25, -0.2) is 0 Å². The van der Waals surface area contributed by atoms with Crippen LogP contribution < -0.4 is 4.90 Å². The molecule has 0 aromatic heterocycles. The quantitative estimate of drug-likeness (QED) is 0.437. The number of nitriles is 1. The number of nitrogens with zero attached hydrogens (tertiary/aromatic N) is 4. The SMILES string of the molecule is CCCN(c1ccc(C#N)cc1Cl)c1c([N+](=O)[O-])cc([N+](=O)[O-])cc1C(F)(F)F. The van der Waals surface area contributed by atoms with Gasteiger partial charge in [-0.2, -0.15) is 18.4 Å². The normalized spacial score (nSPS) is 11.0. The van der Waals surface area contributed by atoms with Crippen LogP contribution in [0.4, 0.5) is 35.9 Å². The first kappa shape index (κ1) is 21.9. The minimum absolute atomic E-state index is 0.00466. The van der Waals surface area contributed by atoms with Crippen LogP contribution in [-0.4, -0.2) is 16.4 Å². The maximum absolute atomic E-state index is 13.7. The molecule has 0 atom stereocenters. The lowest BCUT2D eigenvalue weighted by atomic mass is 10.1. The van der Waals surface area contributed by atoms with Gasteiger partial charge in [-0.05, 0) is 24.6 Å². The topological polar surface area (TPSA) is 113 Å². The molecule has 0 saturated heterocycles. The van der Waals surface area contributed by atoms with Crippen LogP contribution in [0.5, 0.6) is 0 Å². The number of alkyl halides is 3. The number of benzene rings is 2. The van der Waals surface area contributed by atoms with Crippen molar-refractivity contribution in [1.82, 2.24) is 0 Å². The molecule has 0 spiro atoms. The van der Waals surface area contributed by atoms with E-state index in [1.807, 2.05) is 6.07 Å². The van der Waals surface area contributed by atoms with E-state index in [2.05, 4.69) is 0 Å². The first-order valence-electron chi connectivity index (χ1n) is 8.02. The minimum atomic E-state index is -5.11. The molecule has 0 aliphatic rings. The number of nitro groups is 2. The molecular formula is C17H12ClF3N4O4. The molecule has 0 bridgehead atoms. The van der Waals surface area contributed by atoms with E-state index < -0.39 is 38.6 Å². The smallest absolute Gasteiger partial charge is 0.334 e. The molecule has 0 amide bonds. The first-order valence-corrected chi connectivity index (χ1v) is 8.40. The van der Waals surface area contributed by atoms with Crippen molar-refractivity contribution >= 4 is 34.4 Å². The largest absolute Gasteiger partial charge is 0.418 e. The van der Waals surface area contributed by atoms with Crippen molar-refractivity contribution in [1.29, 1.82) is 5.26 Å². The second kappa shape index (κ2) is 8.32. The molecular weight excluding hydrogens is 417 g/mol. The van der Waals surface area contributed by atoms with Gasteiger partial charge >= 0.3 is 6.18 Å². The fourth-order valence-electron chi connectivity index (χ4n) is 2.72. The van der Waals surface area contributed by atoms with Crippen molar-refractivity contribution < 1.29 is 23.0 Å². The molecule has 0 unspecified atom stereocenters. The third-order valence-corrected chi connectivity index (χ3v) is 4.17. The van der Waals surface area contributed by atoms with Crippen LogP contribution >= 0.6 is 11.6 Å². The summed E-state index contributed by atoms with van der Waals surface area (Å²) in [6.45, 7) is 1.53. The van der Waals surface area contributed by atoms with Gasteiger partial charge < -0.3 is 4.90 Å². The highest BCUT2D eigenvalue weighted by molar-refractivity contribution is 6.33. The number of anilines is 2. The lowest BCUT2D eigenvalue weighted by molar-refractivity contribution is -0.394. The third kappa shape index (κ3) is 4.55. The molecule has 0 aliphatic heterocycles. The van der Waals surface area contributed by atoms with Crippen molar-refractivity contribution in [3.05, 3.63) is 66.7 Å². The predicted molar refractivity (Wildman–Crippen MR) is 98.2 cm³/mol. The van der Waals surface area contributed by atoms with E-state index in [0.717, 1.165) is 4.90 Å². The van der Waals surface area contributed by atoms with Crippen LogP contribution in [0, 0.1) is 31.6 Å². The predicted octanol–water partition coefficient (Wildman–Crippen LogP) is 5.59. The van der Waals surface area contributed by atoms with Crippen LogP contribution in [0.25, 0.3) is 0 Å². The van der Waals surface area contributed by atoms with Crippen molar-refractivity contribution in [3.63, 3.8) is 0 Å². The van der Waals surface area contributed by atoms with Crippen LogP contribution in [-0.2, 0) is 6.18 Å². The number of rotatable bonds is 6. The summed E-state index contributed by atoms with van der Waals surface area (Å²) >= 11 is 6.12. The average molecular weight is 429 g/mol. The Morgan fingerprint density at radius 3 is 2.28 bits per heavy atom. The molecule has 152 valence electrons.